The van der Waals surface area contributed by atoms with Crippen molar-refractivity contribution in [2.45, 2.75) is 20.4 Å². The van der Waals surface area contributed by atoms with E-state index < -0.39 is 0 Å². The van der Waals surface area contributed by atoms with Crippen molar-refractivity contribution >= 4 is 11.9 Å². The summed E-state index contributed by atoms with van der Waals surface area (Å²) in [5.41, 5.74) is 2.46. The van der Waals surface area contributed by atoms with E-state index in [0.717, 1.165) is 19.0 Å². The van der Waals surface area contributed by atoms with Crippen LogP contribution in [0.4, 0.5) is 0 Å². The van der Waals surface area contributed by atoms with E-state index in [1.807, 2.05) is 18.9 Å². The predicted molar refractivity (Wildman–Crippen MR) is 87.3 cm³/mol. The van der Waals surface area contributed by atoms with Crippen molar-refractivity contribution in [1.82, 2.24) is 15.1 Å². The van der Waals surface area contributed by atoms with E-state index in [0.29, 0.717) is 0 Å². The van der Waals surface area contributed by atoms with Crippen molar-refractivity contribution < 1.29 is 4.79 Å². The molecular formula is C16H26N4O. The monoisotopic (exact) mass is 290 g/mol. The Morgan fingerprint density at radius 1 is 1.19 bits per heavy atom. The van der Waals surface area contributed by atoms with Crippen molar-refractivity contribution in [1.29, 1.82) is 0 Å². The standard InChI is InChI=1S/C16H26N4O/c1-6-17-16(18-11-15(21)19(3)4)20(5)12-14-9-7-13(2)8-10-14/h7-10H,6,11-12H2,1-5H3,(H,17,18). The number of aryl methyl sites for hydroxylation is 1. The second-order valence-electron chi connectivity index (χ2n) is 5.30. The summed E-state index contributed by atoms with van der Waals surface area (Å²) in [5, 5.41) is 3.21. The van der Waals surface area contributed by atoms with E-state index in [1.165, 1.54) is 11.1 Å². The van der Waals surface area contributed by atoms with Gasteiger partial charge < -0.3 is 15.1 Å². The van der Waals surface area contributed by atoms with Crippen LogP contribution < -0.4 is 5.32 Å². The Kier molecular flexibility index (Phi) is 6.72. The molecule has 0 atom stereocenters. The molecule has 0 saturated heterocycles. The van der Waals surface area contributed by atoms with Crippen LogP contribution >= 0.6 is 0 Å². The number of guanidine groups is 1. The molecule has 0 bridgehead atoms. The molecule has 0 aliphatic heterocycles. The summed E-state index contributed by atoms with van der Waals surface area (Å²) < 4.78 is 0. The van der Waals surface area contributed by atoms with Crippen molar-refractivity contribution in [3.63, 3.8) is 0 Å². The van der Waals surface area contributed by atoms with Gasteiger partial charge in [-0.1, -0.05) is 29.8 Å². The van der Waals surface area contributed by atoms with Gasteiger partial charge in [0.2, 0.25) is 5.91 Å². The molecule has 1 aromatic carbocycles. The van der Waals surface area contributed by atoms with Gasteiger partial charge in [-0.25, -0.2) is 4.99 Å². The lowest BCUT2D eigenvalue weighted by Crippen LogP contribution is -2.39. The largest absolute Gasteiger partial charge is 0.357 e. The van der Waals surface area contributed by atoms with Crippen molar-refractivity contribution in [3.8, 4) is 0 Å². The van der Waals surface area contributed by atoms with Crippen molar-refractivity contribution in [2.24, 2.45) is 4.99 Å². The van der Waals surface area contributed by atoms with E-state index >= 15 is 0 Å². The summed E-state index contributed by atoms with van der Waals surface area (Å²) in [4.78, 5) is 19.6. The first-order chi connectivity index (χ1) is 9.93. The van der Waals surface area contributed by atoms with Crippen LogP contribution in [-0.2, 0) is 11.3 Å². The number of benzene rings is 1. The third kappa shape index (κ3) is 5.85. The van der Waals surface area contributed by atoms with Gasteiger partial charge in [0.05, 0.1) is 0 Å². The highest BCUT2D eigenvalue weighted by Crippen LogP contribution is 2.06. The minimum absolute atomic E-state index is 0.00543. The fraction of sp³-hybridized carbons (Fsp3) is 0.500. The molecule has 0 heterocycles. The van der Waals surface area contributed by atoms with Crippen LogP contribution in [0, 0.1) is 6.92 Å². The molecule has 1 N–H and O–H groups in total. The summed E-state index contributed by atoms with van der Waals surface area (Å²) in [5.74, 6) is 0.738. The minimum Gasteiger partial charge on any atom is -0.357 e. The molecule has 21 heavy (non-hydrogen) atoms. The Bertz CT molecular complexity index is 480. The quantitative estimate of drug-likeness (QED) is 0.660. The normalized spacial score (nSPS) is 11.2. The average molecular weight is 290 g/mol. The highest BCUT2D eigenvalue weighted by Gasteiger charge is 2.08. The zero-order valence-corrected chi connectivity index (χ0v) is 13.7. The Hall–Kier alpha value is -2.04. The molecule has 0 saturated carbocycles. The van der Waals surface area contributed by atoms with Gasteiger partial charge >= 0.3 is 0 Å². The number of rotatable bonds is 5. The topological polar surface area (TPSA) is 47.9 Å². The van der Waals surface area contributed by atoms with Crippen molar-refractivity contribution in [3.05, 3.63) is 35.4 Å². The summed E-state index contributed by atoms with van der Waals surface area (Å²) in [6.07, 6.45) is 0. The lowest BCUT2D eigenvalue weighted by Gasteiger charge is -2.22. The smallest absolute Gasteiger partial charge is 0.243 e. The second-order valence-corrected chi connectivity index (χ2v) is 5.30. The van der Waals surface area contributed by atoms with Crippen LogP contribution in [0.3, 0.4) is 0 Å². The molecule has 0 fully saturated rings. The molecule has 5 nitrogen and oxygen atoms in total. The maximum absolute atomic E-state index is 11.6. The van der Waals surface area contributed by atoms with Gasteiger partial charge in [-0.05, 0) is 19.4 Å². The minimum atomic E-state index is -0.00543. The molecule has 0 spiro atoms. The van der Waals surface area contributed by atoms with Crippen molar-refractivity contribution in [2.75, 3.05) is 34.2 Å². The third-order valence-corrected chi connectivity index (χ3v) is 3.10. The number of nitrogens with one attached hydrogen (secondary N) is 1. The molecule has 1 aromatic rings. The van der Waals surface area contributed by atoms with Crippen LogP contribution in [0.15, 0.2) is 29.3 Å². The zero-order valence-electron chi connectivity index (χ0n) is 13.7. The molecule has 1 amide bonds. The lowest BCUT2D eigenvalue weighted by molar-refractivity contribution is -0.127. The molecule has 0 aliphatic carbocycles. The highest BCUT2D eigenvalue weighted by atomic mass is 16.2. The molecule has 0 unspecified atom stereocenters. The first kappa shape index (κ1) is 17.0. The number of amides is 1. The summed E-state index contributed by atoms with van der Waals surface area (Å²) in [6.45, 7) is 5.78. The second kappa shape index (κ2) is 8.29. The number of carbonyl (C=O) groups is 1. The van der Waals surface area contributed by atoms with Crippen LogP contribution in [0.5, 0.6) is 0 Å². The Balaban J connectivity index is 2.72. The van der Waals surface area contributed by atoms with E-state index in [2.05, 4.69) is 41.5 Å². The Morgan fingerprint density at radius 2 is 1.81 bits per heavy atom. The first-order valence-electron chi connectivity index (χ1n) is 7.19. The molecule has 0 aromatic heterocycles. The molecule has 1 rings (SSSR count). The van der Waals surface area contributed by atoms with Gasteiger partial charge in [-0.3, -0.25) is 4.79 Å². The Morgan fingerprint density at radius 3 is 2.33 bits per heavy atom. The fourth-order valence-corrected chi connectivity index (χ4v) is 1.80. The zero-order chi connectivity index (χ0) is 15.8. The van der Waals surface area contributed by atoms with E-state index in [9.17, 15) is 4.79 Å². The summed E-state index contributed by atoms with van der Waals surface area (Å²) in [7, 11) is 5.45. The van der Waals surface area contributed by atoms with Crippen LogP contribution in [-0.4, -0.2) is 55.9 Å². The molecular weight excluding hydrogens is 264 g/mol. The number of likely N-dealkylation sites (N-methyl/N-ethyl adjacent to an activating group) is 1. The Labute approximate surface area is 127 Å². The fourth-order valence-electron chi connectivity index (χ4n) is 1.80. The van der Waals surface area contributed by atoms with Crippen LogP contribution in [0.1, 0.15) is 18.1 Å². The molecule has 5 heteroatoms. The van der Waals surface area contributed by atoms with Crippen LogP contribution in [0.25, 0.3) is 0 Å². The number of carbonyl (C=O) groups excluding carboxylic acids is 1. The van der Waals surface area contributed by atoms with Gasteiger partial charge in [0.25, 0.3) is 0 Å². The van der Waals surface area contributed by atoms with Gasteiger partial charge in [0.15, 0.2) is 5.96 Å². The van der Waals surface area contributed by atoms with Gasteiger partial charge in [-0.15, -0.1) is 0 Å². The lowest BCUT2D eigenvalue weighted by atomic mass is 10.1. The first-order valence-corrected chi connectivity index (χ1v) is 7.19. The predicted octanol–water partition coefficient (Wildman–Crippen LogP) is 1.48. The number of hydrogen-bond donors (Lipinski definition) is 1. The molecule has 0 radical (unpaired) electrons. The summed E-state index contributed by atoms with van der Waals surface area (Å²) in [6, 6.07) is 8.42. The number of hydrogen-bond acceptors (Lipinski definition) is 2. The molecule has 116 valence electrons. The van der Waals surface area contributed by atoms with E-state index in [4.69, 9.17) is 0 Å². The highest BCUT2D eigenvalue weighted by molar-refractivity contribution is 5.84. The van der Waals surface area contributed by atoms with Crippen LogP contribution in [0.2, 0.25) is 0 Å². The summed E-state index contributed by atoms with van der Waals surface area (Å²) >= 11 is 0. The van der Waals surface area contributed by atoms with Gasteiger partial charge in [0, 0.05) is 34.2 Å². The van der Waals surface area contributed by atoms with Gasteiger partial charge in [-0.2, -0.15) is 0 Å². The van der Waals surface area contributed by atoms with E-state index in [-0.39, 0.29) is 12.5 Å². The number of aliphatic imine (C=N–C) groups is 1. The average Bonchev–Trinajstić information content (AvgIpc) is 2.45. The maximum Gasteiger partial charge on any atom is 0.243 e. The van der Waals surface area contributed by atoms with Gasteiger partial charge in [0.1, 0.15) is 6.54 Å². The maximum atomic E-state index is 11.6. The van der Waals surface area contributed by atoms with E-state index in [1.54, 1.807) is 19.0 Å². The number of nitrogens with zero attached hydrogens (tertiary/aromatic N) is 3. The third-order valence-electron chi connectivity index (χ3n) is 3.10. The molecule has 0 aliphatic rings. The SMILES string of the molecule is CCNC(=NCC(=O)N(C)C)N(C)Cc1ccc(C)cc1.